The third kappa shape index (κ3) is 4.42. The second kappa shape index (κ2) is 8.04. The van der Waals surface area contributed by atoms with E-state index < -0.39 is 0 Å². The van der Waals surface area contributed by atoms with E-state index >= 15 is 0 Å². The lowest BCUT2D eigenvalue weighted by Gasteiger charge is -2.10. The van der Waals surface area contributed by atoms with Crippen molar-refractivity contribution >= 4 is 46.4 Å². The molecule has 0 heterocycles. The van der Waals surface area contributed by atoms with Gasteiger partial charge in [0.05, 0.1) is 10.6 Å². The van der Waals surface area contributed by atoms with Gasteiger partial charge in [-0.05, 0) is 54.6 Å². The van der Waals surface area contributed by atoms with E-state index in [1.807, 2.05) is 0 Å². The van der Waals surface area contributed by atoms with E-state index in [4.69, 9.17) is 23.2 Å². The predicted molar refractivity (Wildman–Crippen MR) is 105 cm³/mol. The number of benzene rings is 3. The summed E-state index contributed by atoms with van der Waals surface area (Å²) in [6, 6.07) is 20.2. The van der Waals surface area contributed by atoms with Crippen LogP contribution in [0.4, 0.5) is 11.4 Å². The van der Waals surface area contributed by atoms with Crippen LogP contribution in [0.3, 0.4) is 0 Å². The SMILES string of the molecule is O=C(Nc1cccc(NC(=O)c2ccccc2Cl)c1)c1ccc(Cl)cc1. The monoisotopic (exact) mass is 384 g/mol. The summed E-state index contributed by atoms with van der Waals surface area (Å²) in [6.45, 7) is 0. The van der Waals surface area contributed by atoms with Crippen molar-refractivity contribution in [3.8, 4) is 0 Å². The van der Waals surface area contributed by atoms with Crippen molar-refractivity contribution in [1.29, 1.82) is 0 Å². The Kier molecular flexibility index (Phi) is 5.56. The number of hydrogen-bond acceptors (Lipinski definition) is 2. The van der Waals surface area contributed by atoms with Crippen molar-refractivity contribution in [2.24, 2.45) is 0 Å². The van der Waals surface area contributed by atoms with Gasteiger partial charge in [-0.3, -0.25) is 9.59 Å². The van der Waals surface area contributed by atoms with Crippen LogP contribution in [0.25, 0.3) is 0 Å². The highest BCUT2D eigenvalue weighted by atomic mass is 35.5. The van der Waals surface area contributed by atoms with Gasteiger partial charge in [0.2, 0.25) is 0 Å². The summed E-state index contributed by atoms with van der Waals surface area (Å²) in [4.78, 5) is 24.6. The molecule has 0 unspecified atom stereocenters. The lowest BCUT2D eigenvalue weighted by Crippen LogP contribution is -2.14. The molecule has 0 atom stereocenters. The summed E-state index contributed by atoms with van der Waals surface area (Å²) in [5, 5.41) is 6.48. The van der Waals surface area contributed by atoms with Crippen molar-refractivity contribution in [2.75, 3.05) is 10.6 Å². The molecule has 3 aromatic rings. The Bertz CT molecular complexity index is 956. The first-order valence-electron chi connectivity index (χ1n) is 7.76. The number of anilines is 2. The lowest BCUT2D eigenvalue weighted by molar-refractivity contribution is 0.101. The summed E-state index contributed by atoms with van der Waals surface area (Å²) in [7, 11) is 0. The van der Waals surface area contributed by atoms with Crippen molar-refractivity contribution in [2.45, 2.75) is 0 Å². The van der Waals surface area contributed by atoms with Gasteiger partial charge in [-0.25, -0.2) is 0 Å². The van der Waals surface area contributed by atoms with Gasteiger partial charge in [0.1, 0.15) is 0 Å². The molecule has 0 aliphatic heterocycles. The van der Waals surface area contributed by atoms with E-state index in [1.54, 1.807) is 72.8 Å². The van der Waals surface area contributed by atoms with Gasteiger partial charge in [-0.1, -0.05) is 41.4 Å². The molecule has 0 fully saturated rings. The average Bonchev–Trinajstić information content (AvgIpc) is 2.63. The Balaban J connectivity index is 1.72. The smallest absolute Gasteiger partial charge is 0.257 e. The van der Waals surface area contributed by atoms with Crippen LogP contribution < -0.4 is 10.6 Å². The molecule has 3 aromatic carbocycles. The standard InChI is InChI=1S/C20H14Cl2N2O2/c21-14-10-8-13(9-11-14)19(25)23-15-4-3-5-16(12-15)24-20(26)17-6-1-2-7-18(17)22/h1-12H,(H,23,25)(H,24,26). The Morgan fingerprint density at radius 1 is 0.692 bits per heavy atom. The molecule has 0 bridgehead atoms. The Hall–Kier alpha value is -2.82. The van der Waals surface area contributed by atoms with E-state index in [0.29, 0.717) is 32.5 Å². The summed E-state index contributed by atoms with van der Waals surface area (Å²) in [6.07, 6.45) is 0. The zero-order valence-corrected chi connectivity index (χ0v) is 15.0. The Labute approximate surface area is 160 Å². The first-order valence-corrected chi connectivity index (χ1v) is 8.51. The number of carbonyl (C=O) groups is 2. The number of hydrogen-bond donors (Lipinski definition) is 2. The highest BCUT2D eigenvalue weighted by molar-refractivity contribution is 6.34. The molecule has 130 valence electrons. The van der Waals surface area contributed by atoms with Crippen molar-refractivity contribution in [1.82, 2.24) is 0 Å². The van der Waals surface area contributed by atoms with E-state index in [0.717, 1.165) is 0 Å². The van der Waals surface area contributed by atoms with Crippen LogP contribution in [0.1, 0.15) is 20.7 Å². The summed E-state index contributed by atoms with van der Waals surface area (Å²) in [5.74, 6) is -0.590. The van der Waals surface area contributed by atoms with Gasteiger partial charge >= 0.3 is 0 Å². The predicted octanol–water partition coefficient (Wildman–Crippen LogP) is 5.50. The molecule has 2 amide bonds. The minimum Gasteiger partial charge on any atom is -0.322 e. The first kappa shape index (κ1) is 18.0. The highest BCUT2D eigenvalue weighted by Gasteiger charge is 2.11. The topological polar surface area (TPSA) is 58.2 Å². The normalized spacial score (nSPS) is 10.2. The van der Waals surface area contributed by atoms with Crippen LogP contribution in [0.5, 0.6) is 0 Å². The fourth-order valence-electron chi connectivity index (χ4n) is 2.32. The lowest BCUT2D eigenvalue weighted by atomic mass is 10.2. The fraction of sp³-hybridized carbons (Fsp3) is 0. The number of rotatable bonds is 4. The molecule has 6 heteroatoms. The second-order valence-corrected chi connectivity index (χ2v) is 6.32. The molecule has 0 radical (unpaired) electrons. The molecule has 26 heavy (non-hydrogen) atoms. The molecule has 3 rings (SSSR count). The largest absolute Gasteiger partial charge is 0.322 e. The van der Waals surface area contributed by atoms with Crippen LogP contribution in [0.2, 0.25) is 10.0 Å². The maximum atomic E-state index is 12.3. The van der Waals surface area contributed by atoms with Crippen LogP contribution >= 0.6 is 23.2 Å². The molecular formula is C20H14Cl2N2O2. The van der Waals surface area contributed by atoms with Gasteiger partial charge in [0, 0.05) is 22.0 Å². The Morgan fingerprint density at radius 2 is 1.31 bits per heavy atom. The zero-order chi connectivity index (χ0) is 18.5. The van der Waals surface area contributed by atoms with Gasteiger partial charge < -0.3 is 10.6 Å². The van der Waals surface area contributed by atoms with Crippen LogP contribution in [0, 0.1) is 0 Å². The van der Waals surface area contributed by atoms with E-state index in [1.165, 1.54) is 0 Å². The second-order valence-electron chi connectivity index (χ2n) is 5.48. The number of nitrogens with one attached hydrogen (secondary N) is 2. The quantitative estimate of drug-likeness (QED) is 0.623. The van der Waals surface area contributed by atoms with E-state index in [-0.39, 0.29) is 11.8 Å². The number of amides is 2. The minimum absolute atomic E-state index is 0.267. The maximum absolute atomic E-state index is 12.3. The molecular weight excluding hydrogens is 371 g/mol. The van der Waals surface area contributed by atoms with Crippen LogP contribution in [0.15, 0.2) is 72.8 Å². The first-order chi connectivity index (χ1) is 12.5. The third-order valence-corrected chi connectivity index (χ3v) is 4.18. The molecule has 0 aliphatic rings. The Morgan fingerprint density at radius 3 is 1.96 bits per heavy atom. The van der Waals surface area contributed by atoms with Gasteiger partial charge in [-0.15, -0.1) is 0 Å². The minimum atomic E-state index is -0.322. The van der Waals surface area contributed by atoms with Gasteiger partial charge in [0.25, 0.3) is 11.8 Å². The fourth-order valence-corrected chi connectivity index (χ4v) is 2.67. The number of carbonyl (C=O) groups excluding carboxylic acids is 2. The van der Waals surface area contributed by atoms with Gasteiger partial charge in [-0.2, -0.15) is 0 Å². The summed E-state index contributed by atoms with van der Waals surface area (Å²) < 4.78 is 0. The van der Waals surface area contributed by atoms with Crippen LogP contribution in [-0.4, -0.2) is 11.8 Å². The van der Waals surface area contributed by atoms with Crippen molar-refractivity contribution in [3.63, 3.8) is 0 Å². The molecule has 4 nitrogen and oxygen atoms in total. The highest BCUT2D eigenvalue weighted by Crippen LogP contribution is 2.20. The van der Waals surface area contributed by atoms with E-state index in [2.05, 4.69) is 10.6 Å². The molecule has 2 N–H and O–H groups in total. The zero-order valence-electron chi connectivity index (χ0n) is 13.5. The summed E-state index contributed by atoms with van der Waals surface area (Å²) in [5.41, 5.74) is 1.97. The molecule has 0 saturated heterocycles. The average molecular weight is 385 g/mol. The summed E-state index contributed by atoms with van der Waals surface area (Å²) >= 11 is 11.9. The van der Waals surface area contributed by atoms with Crippen LogP contribution in [-0.2, 0) is 0 Å². The van der Waals surface area contributed by atoms with E-state index in [9.17, 15) is 9.59 Å². The molecule has 0 saturated carbocycles. The van der Waals surface area contributed by atoms with Crippen molar-refractivity contribution in [3.05, 3.63) is 94.0 Å². The molecule has 0 aromatic heterocycles. The third-order valence-electron chi connectivity index (χ3n) is 3.60. The number of halogens is 2. The molecule has 0 spiro atoms. The van der Waals surface area contributed by atoms with Gasteiger partial charge in [0.15, 0.2) is 0 Å². The molecule has 0 aliphatic carbocycles. The maximum Gasteiger partial charge on any atom is 0.257 e. The van der Waals surface area contributed by atoms with Crippen molar-refractivity contribution < 1.29 is 9.59 Å².